The summed E-state index contributed by atoms with van der Waals surface area (Å²) >= 11 is 0. The Kier molecular flexibility index (Phi) is 10.9. The van der Waals surface area contributed by atoms with E-state index in [-0.39, 0.29) is 51.7 Å². The molecule has 9 nitrogen and oxygen atoms in total. The van der Waals surface area contributed by atoms with Crippen molar-refractivity contribution in [3.05, 3.63) is 0 Å². The topological polar surface area (TPSA) is 106 Å². The minimum atomic E-state index is -1.14. The highest BCUT2D eigenvalue weighted by molar-refractivity contribution is 5.84. The molecule has 8 fully saturated rings. The highest BCUT2D eigenvalue weighted by Crippen LogP contribution is 2.79. The summed E-state index contributed by atoms with van der Waals surface area (Å²) < 4.78 is 18.1. The number of carbonyl (C=O) groups excluding carboxylic acids is 2. The molecule has 6 saturated carbocycles. The number of hydrogen-bond acceptors (Lipinski definition) is 7. The van der Waals surface area contributed by atoms with Crippen LogP contribution in [0, 0.1) is 67.5 Å². The van der Waals surface area contributed by atoms with Gasteiger partial charge in [0, 0.05) is 38.1 Å². The third kappa shape index (κ3) is 6.84. The molecular weight excluding hydrogens is 717 g/mol. The first-order chi connectivity index (χ1) is 26.8. The Morgan fingerprint density at radius 1 is 0.737 bits per heavy atom. The molecule has 0 aromatic carbocycles. The first-order valence-corrected chi connectivity index (χ1v) is 23.4. The molecule has 0 unspecified atom stereocenters. The van der Waals surface area contributed by atoms with Gasteiger partial charge in [0.15, 0.2) is 0 Å². The van der Waals surface area contributed by atoms with Crippen LogP contribution in [0.2, 0.25) is 0 Å². The Bertz CT molecular complexity index is 1540. The fraction of sp³-hybridized carbons (Fsp3) is 0.938. The molecular formula is C48H78N2O7. The van der Waals surface area contributed by atoms with Crippen LogP contribution in [0.15, 0.2) is 0 Å². The minimum absolute atomic E-state index is 0.106. The second-order valence-electron chi connectivity index (χ2n) is 23.2. The average molecular weight is 795 g/mol. The van der Waals surface area contributed by atoms with Gasteiger partial charge in [-0.3, -0.25) is 19.3 Å². The van der Waals surface area contributed by atoms with Gasteiger partial charge in [0.25, 0.3) is 0 Å². The predicted octanol–water partition coefficient (Wildman–Crippen LogP) is 8.62. The summed E-state index contributed by atoms with van der Waals surface area (Å²) in [5.74, 6) is 1.87. The molecule has 2 heterocycles. The first kappa shape index (κ1) is 42.0. The van der Waals surface area contributed by atoms with E-state index in [1.54, 1.807) is 13.8 Å². The predicted molar refractivity (Wildman–Crippen MR) is 220 cm³/mol. The number of ether oxygens (including phenoxy) is 3. The molecule has 0 aromatic rings. The van der Waals surface area contributed by atoms with E-state index in [0.717, 1.165) is 104 Å². The summed E-state index contributed by atoms with van der Waals surface area (Å²) in [6.45, 7) is 25.4. The second-order valence-corrected chi connectivity index (χ2v) is 23.2. The molecule has 8 aliphatic rings. The van der Waals surface area contributed by atoms with Crippen LogP contribution in [-0.2, 0) is 28.6 Å². The summed E-state index contributed by atoms with van der Waals surface area (Å²) in [6, 6.07) is 0. The number of amides is 1. The third-order valence-corrected chi connectivity index (χ3v) is 19.8. The van der Waals surface area contributed by atoms with Crippen LogP contribution in [0.1, 0.15) is 152 Å². The summed E-state index contributed by atoms with van der Waals surface area (Å²) in [5.41, 5.74) is -0.635. The quantitative estimate of drug-likeness (QED) is 0.219. The number of aliphatic carboxylic acids is 1. The Morgan fingerprint density at radius 3 is 2.11 bits per heavy atom. The van der Waals surface area contributed by atoms with Crippen molar-refractivity contribution in [1.82, 2.24) is 9.80 Å². The van der Waals surface area contributed by atoms with Crippen LogP contribution in [0.5, 0.6) is 0 Å². The van der Waals surface area contributed by atoms with Gasteiger partial charge in [0.2, 0.25) is 5.91 Å². The molecule has 9 heteroatoms. The highest BCUT2D eigenvalue weighted by Gasteiger charge is 2.74. The lowest BCUT2D eigenvalue weighted by atomic mass is 9.32. The lowest BCUT2D eigenvalue weighted by molar-refractivity contribution is -0.251. The zero-order chi connectivity index (χ0) is 40.8. The number of rotatable bonds is 10. The van der Waals surface area contributed by atoms with Crippen LogP contribution in [0.4, 0.5) is 0 Å². The molecule has 6 aliphatic carbocycles. The number of piperidine rings is 1. The molecule has 57 heavy (non-hydrogen) atoms. The third-order valence-electron chi connectivity index (χ3n) is 19.8. The summed E-state index contributed by atoms with van der Waals surface area (Å²) in [6.07, 6.45) is 15.7. The van der Waals surface area contributed by atoms with Crippen molar-refractivity contribution in [2.75, 3.05) is 52.5 Å². The van der Waals surface area contributed by atoms with Crippen LogP contribution in [0.25, 0.3) is 0 Å². The second kappa shape index (κ2) is 14.7. The molecule has 10 atom stereocenters. The fourth-order valence-corrected chi connectivity index (χ4v) is 15.8. The fourth-order valence-electron chi connectivity index (χ4n) is 15.8. The maximum Gasteiger partial charge on any atom is 0.309 e. The van der Waals surface area contributed by atoms with E-state index in [2.05, 4.69) is 51.3 Å². The van der Waals surface area contributed by atoms with Crippen molar-refractivity contribution in [1.29, 1.82) is 0 Å². The van der Waals surface area contributed by atoms with Crippen LogP contribution in [-0.4, -0.2) is 97.5 Å². The number of carbonyl (C=O) groups is 3. The van der Waals surface area contributed by atoms with Crippen molar-refractivity contribution in [3.63, 3.8) is 0 Å². The number of hydrogen-bond donors (Lipinski definition) is 1. The van der Waals surface area contributed by atoms with Gasteiger partial charge in [-0.05, 0) is 155 Å². The van der Waals surface area contributed by atoms with Crippen LogP contribution < -0.4 is 0 Å². The Hall–Kier alpha value is -1.71. The number of morpholine rings is 1. The number of carboxylic acids is 1. The van der Waals surface area contributed by atoms with Crippen molar-refractivity contribution in [2.24, 2.45) is 67.5 Å². The molecule has 2 saturated heterocycles. The number of esters is 1. The number of likely N-dealkylation sites (tertiary alicyclic amines) is 1. The molecule has 322 valence electrons. The Labute approximate surface area is 344 Å². The Balaban J connectivity index is 0.981. The van der Waals surface area contributed by atoms with E-state index in [0.29, 0.717) is 40.9 Å². The maximum absolute atomic E-state index is 15.2. The monoisotopic (exact) mass is 795 g/mol. The molecule has 0 bridgehead atoms. The van der Waals surface area contributed by atoms with Gasteiger partial charge in [0.1, 0.15) is 6.10 Å². The van der Waals surface area contributed by atoms with Crippen molar-refractivity contribution in [3.8, 4) is 0 Å². The van der Waals surface area contributed by atoms with E-state index in [1.165, 1.54) is 38.5 Å². The number of carboxylic acid groups (broad SMARTS) is 1. The highest BCUT2D eigenvalue weighted by atomic mass is 16.5. The number of fused-ring (bicyclic) bond motifs is 7. The van der Waals surface area contributed by atoms with E-state index in [4.69, 9.17) is 14.2 Å². The van der Waals surface area contributed by atoms with Crippen LogP contribution in [0.3, 0.4) is 0 Å². The molecule has 8 rings (SSSR count). The molecule has 1 amide bonds. The van der Waals surface area contributed by atoms with Gasteiger partial charge in [-0.25, -0.2) is 0 Å². The van der Waals surface area contributed by atoms with Crippen LogP contribution >= 0.6 is 0 Å². The van der Waals surface area contributed by atoms with Gasteiger partial charge >= 0.3 is 11.9 Å². The lowest BCUT2D eigenvalue weighted by Crippen LogP contribution is -2.67. The Morgan fingerprint density at radius 2 is 1.44 bits per heavy atom. The zero-order valence-electron chi connectivity index (χ0n) is 37.1. The van der Waals surface area contributed by atoms with E-state index in [9.17, 15) is 14.7 Å². The standard InChI is InChI=1S/C48H78N2O7/c1-42(2,41(53)54)31-38(51)57-37-13-16-45(6)35(43(37,3)4)12-17-47(8)36(45)10-9-34-39-33(44(5)19-20-44)11-18-48(39,22-21-46(34,47)7)40(52)50-23-14-32(15-24-50)56-30-27-49-25-28-55-29-26-49/h32-37,39H,9-31H2,1-8H3,(H,53,54)/t33-,34-,35+,36-,37+,39-,45+,46-,47-,48+/m1/s1. The maximum atomic E-state index is 15.2. The zero-order valence-corrected chi connectivity index (χ0v) is 37.1. The summed E-state index contributed by atoms with van der Waals surface area (Å²) in [7, 11) is 0. The largest absolute Gasteiger partial charge is 0.481 e. The van der Waals surface area contributed by atoms with E-state index < -0.39 is 11.4 Å². The van der Waals surface area contributed by atoms with E-state index in [1.807, 2.05) is 0 Å². The smallest absolute Gasteiger partial charge is 0.309 e. The van der Waals surface area contributed by atoms with Gasteiger partial charge in [0.05, 0.1) is 43.2 Å². The first-order valence-electron chi connectivity index (χ1n) is 23.4. The molecule has 0 spiro atoms. The minimum Gasteiger partial charge on any atom is -0.481 e. The van der Waals surface area contributed by atoms with Gasteiger partial charge in [-0.1, -0.05) is 41.5 Å². The summed E-state index contributed by atoms with van der Waals surface area (Å²) in [5, 5.41) is 9.66. The van der Waals surface area contributed by atoms with Crippen molar-refractivity contribution >= 4 is 17.8 Å². The van der Waals surface area contributed by atoms with Gasteiger partial charge in [-0.2, -0.15) is 0 Å². The lowest BCUT2D eigenvalue weighted by Gasteiger charge is -2.73. The average Bonchev–Trinajstić information content (AvgIpc) is 3.78. The normalized spacial score (nSPS) is 42.9. The van der Waals surface area contributed by atoms with E-state index >= 15 is 4.79 Å². The number of nitrogens with zero attached hydrogens (tertiary/aromatic N) is 2. The SMILES string of the molecule is CC(C)(CC(=O)O[C@H]1CC[C@]2(C)[C@H]3CC[C@@H]4[C@H]5[C@H](C6(C)CC6)CC[C@]5(C(=O)N5CCC(OCCN6CCOCC6)CC5)CC[C@@]4(C)[C@]3(C)CC[C@H]2C1(C)C)C(=O)O. The van der Waals surface area contributed by atoms with Crippen molar-refractivity contribution in [2.45, 2.75) is 164 Å². The molecule has 0 radical (unpaired) electrons. The van der Waals surface area contributed by atoms with Crippen molar-refractivity contribution < 1.29 is 33.7 Å². The summed E-state index contributed by atoms with van der Waals surface area (Å²) in [4.78, 5) is 45.0. The molecule has 0 aromatic heterocycles. The molecule has 1 N–H and O–H groups in total. The van der Waals surface area contributed by atoms with Gasteiger partial charge < -0.3 is 24.2 Å². The molecule has 2 aliphatic heterocycles. The van der Waals surface area contributed by atoms with Gasteiger partial charge in [-0.15, -0.1) is 0 Å².